The van der Waals surface area contributed by atoms with Crippen LogP contribution in [0, 0.1) is 10.1 Å². The molecule has 0 spiro atoms. The van der Waals surface area contributed by atoms with Gasteiger partial charge in [0.25, 0.3) is 5.69 Å². The Kier molecular flexibility index (Phi) is 6.13. The molecule has 0 bridgehead atoms. The van der Waals surface area contributed by atoms with Crippen molar-refractivity contribution in [2.24, 2.45) is 0 Å². The highest BCUT2D eigenvalue weighted by molar-refractivity contribution is 7.90. The number of aromatic nitrogens is 4. The van der Waals surface area contributed by atoms with Crippen LogP contribution in [0.25, 0.3) is 5.69 Å². The normalized spacial score (nSPS) is 11.3. The summed E-state index contributed by atoms with van der Waals surface area (Å²) < 4.78 is 30.7. The molecule has 11 heteroatoms. The number of hydrogen-bond acceptors (Lipinski definition) is 8. The third kappa shape index (κ3) is 5.21. The van der Waals surface area contributed by atoms with Crippen LogP contribution >= 0.6 is 0 Å². The smallest absolute Gasteiger partial charge is 0.269 e. The molecule has 0 amide bonds. The van der Waals surface area contributed by atoms with E-state index in [-0.39, 0.29) is 17.2 Å². The van der Waals surface area contributed by atoms with Gasteiger partial charge in [0.15, 0.2) is 15.7 Å². The number of hydrogen-bond donors (Lipinski definition) is 0. The lowest BCUT2D eigenvalue weighted by Gasteiger charge is -2.12. The molecule has 1 aromatic heterocycles. The summed E-state index contributed by atoms with van der Waals surface area (Å²) in [6.07, 6.45) is 1.59. The third-order valence-electron chi connectivity index (χ3n) is 4.89. The molecule has 168 valence electrons. The fourth-order valence-electron chi connectivity index (χ4n) is 3.25. The van der Waals surface area contributed by atoms with Crippen molar-refractivity contribution < 1.29 is 18.1 Å². The average Bonchev–Trinajstić information content (AvgIpc) is 3.27. The lowest BCUT2D eigenvalue weighted by Crippen LogP contribution is -2.08. The average molecular weight is 465 g/mol. The highest BCUT2D eigenvalue weighted by Gasteiger charge is 2.15. The van der Waals surface area contributed by atoms with E-state index in [1.807, 2.05) is 30.3 Å². The number of benzene rings is 3. The molecule has 0 aliphatic carbocycles. The minimum atomic E-state index is -3.32. The number of sulfone groups is 1. The Labute approximate surface area is 189 Å². The standard InChI is InChI=1S/C22H19N5O5S/c1-33(30,31)20-10-7-18(8-11-20)26-22(23-24-25-26)15-32-21-12-9-19(27(28)29)14-17(21)13-16-5-3-2-4-6-16/h2-12,14H,13,15H2,1H3. The summed E-state index contributed by atoms with van der Waals surface area (Å²) in [4.78, 5) is 11.0. The van der Waals surface area contributed by atoms with Gasteiger partial charge in [0.1, 0.15) is 12.4 Å². The van der Waals surface area contributed by atoms with Crippen molar-refractivity contribution in [1.82, 2.24) is 20.2 Å². The largest absolute Gasteiger partial charge is 0.485 e. The molecule has 0 N–H and O–H groups in total. The number of nitro benzene ring substituents is 1. The van der Waals surface area contributed by atoms with Crippen molar-refractivity contribution >= 4 is 15.5 Å². The van der Waals surface area contributed by atoms with Crippen molar-refractivity contribution in [1.29, 1.82) is 0 Å². The first-order valence-corrected chi connectivity index (χ1v) is 11.7. The summed E-state index contributed by atoms with van der Waals surface area (Å²) >= 11 is 0. The van der Waals surface area contributed by atoms with Crippen molar-refractivity contribution in [3.63, 3.8) is 0 Å². The second kappa shape index (κ2) is 9.17. The summed E-state index contributed by atoms with van der Waals surface area (Å²) in [7, 11) is -3.32. The Morgan fingerprint density at radius 3 is 2.42 bits per heavy atom. The van der Waals surface area contributed by atoms with Gasteiger partial charge < -0.3 is 4.74 Å². The monoisotopic (exact) mass is 465 g/mol. The van der Waals surface area contributed by atoms with Gasteiger partial charge in [-0.15, -0.1) is 5.10 Å². The van der Waals surface area contributed by atoms with E-state index in [1.165, 1.54) is 28.9 Å². The van der Waals surface area contributed by atoms with E-state index >= 15 is 0 Å². The van der Waals surface area contributed by atoms with Crippen molar-refractivity contribution in [2.75, 3.05) is 6.26 Å². The third-order valence-corrected chi connectivity index (χ3v) is 6.02. The van der Waals surface area contributed by atoms with Gasteiger partial charge in [0.2, 0.25) is 0 Å². The second-order valence-electron chi connectivity index (χ2n) is 7.27. The van der Waals surface area contributed by atoms with E-state index in [4.69, 9.17) is 4.74 Å². The fourth-order valence-corrected chi connectivity index (χ4v) is 3.88. The van der Waals surface area contributed by atoms with E-state index in [9.17, 15) is 18.5 Å². The van der Waals surface area contributed by atoms with Crippen molar-refractivity contribution in [2.45, 2.75) is 17.9 Å². The Morgan fingerprint density at radius 1 is 1.03 bits per heavy atom. The quantitative estimate of drug-likeness (QED) is 0.287. The molecular weight excluding hydrogens is 446 g/mol. The first kappa shape index (κ1) is 22.1. The van der Waals surface area contributed by atoms with Gasteiger partial charge in [-0.05, 0) is 46.3 Å². The van der Waals surface area contributed by atoms with Crippen LogP contribution in [0.2, 0.25) is 0 Å². The van der Waals surface area contributed by atoms with Crippen molar-refractivity contribution in [3.8, 4) is 11.4 Å². The first-order valence-electron chi connectivity index (χ1n) is 9.83. The summed E-state index contributed by atoms with van der Waals surface area (Å²) in [5.74, 6) is 0.859. The van der Waals surface area contributed by atoms with Gasteiger partial charge in [-0.1, -0.05) is 30.3 Å². The van der Waals surface area contributed by atoms with Gasteiger partial charge >= 0.3 is 0 Å². The zero-order valence-corrected chi connectivity index (χ0v) is 18.3. The van der Waals surface area contributed by atoms with Gasteiger partial charge in [-0.3, -0.25) is 10.1 Å². The SMILES string of the molecule is CS(=O)(=O)c1ccc(-n2nnnc2COc2ccc([N+](=O)[O-])cc2Cc2ccccc2)cc1. The highest BCUT2D eigenvalue weighted by Crippen LogP contribution is 2.27. The predicted molar refractivity (Wildman–Crippen MR) is 119 cm³/mol. The second-order valence-corrected chi connectivity index (χ2v) is 9.29. The maximum atomic E-state index is 11.7. The Bertz CT molecular complexity index is 1390. The summed E-state index contributed by atoms with van der Waals surface area (Å²) in [6, 6.07) is 20.2. The summed E-state index contributed by atoms with van der Waals surface area (Å²) in [5, 5.41) is 22.9. The van der Waals surface area contributed by atoms with E-state index in [0.29, 0.717) is 29.2 Å². The van der Waals surface area contributed by atoms with Gasteiger partial charge in [0.05, 0.1) is 15.5 Å². The summed E-state index contributed by atoms with van der Waals surface area (Å²) in [5.41, 5.74) is 2.19. The number of rotatable bonds is 8. The van der Waals surface area contributed by atoms with Crippen LogP contribution in [0.3, 0.4) is 0 Å². The number of nitro groups is 1. The lowest BCUT2D eigenvalue weighted by atomic mass is 10.0. The molecule has 0 saturated heterocycles. The van der Waals surface area contributed by atoms with Crippen LogP contribution in [0.5, 0.6) is 5.75 Å². The summed E-state index contributed by atoms with van der Waals surface area (Å²) in [6.45, 7) is 0.000425. The zero-order valence-electron chi connectivity index (χ0n) is 17.5. The van der Waals surface area contributed by atoms with Crippen LogP contribution in [0.15, 0.2) is 77.7 Å². The molecule has 1 heterocycles. The molecular formula is C22H19N5O5S. The van der Waals surface area contributed by atoms with E-state index in [0.717, 1.165) is 11.8 Å². The van der Waals surface area contributed by atoms with Crippen LogP contribution in [0.4, 0.5) is 5.69 Å². The minimum Gasteiger partial charge on any atom is -0.485 e. The Morgan fingerprint density at radius 2 is 1.76 bits per heavy atom. The van der Waals surface area contributed by atoms with E-state index in [1.54, 1.807) is 18.2 Å². The van der Waals surface area contributed by atoms with Gasteiger partial charge in [-0.2, -0.15) is 4.68 Å². The molecule has 0 fully saturated rings. The maximum absolute atomic E-state index is 11.7. The molecule has 4 rings (SSSR count). The van der Waals surface area contributed by atoms with Crippen LogP contribution < -0.4 is 4.74 Å². The van der Waals surface area contributed by atoms with Gasteiger partial charge in [-0.25, -0.2) is 8.42 Å². The number of tetrazole rings is 1. The fraction of sp³-hybridized carbons (Fsp3) is 0.136. The topological polar surface area (TPSA) is 130 Å². The Hall–Kier alpha value is -4.12. The van der Waals surface area contributed by atoms with Crippen molar-refractivity contribution in [3.05, 3.63) is 99.9 Å². The molecule has 0 aliphatic heterocycles. The minimum absolute atomic E-state index is 0.000425. The van der Waals surface area contributed by atoms with Crippen LogP contribution in [-0.2, 0) is 22.9 Å². The van der Waals surface area contributed by atoms with E-state index in [2.05, 4.69) is 15.5 Å². The molecule has 0 radical (unpaired) electrons. The molecule has 0 atom stereocenters. The Balaban J connectivity index is 1.58. The predicted octanol–water partition coefficient (Wildman–Crippen LogP) is 3.14. The molecule has 0 aliphatic rings. The number of non-ortho nitro benzene ring substituents is 1. The maximum Gasteiger partial charge on any atom is 0.269 e. The molecule has 3 aromatic carbocycles. The lowest BCUT2D eigenvalue weighted by molar-refractivity contribution is -0.384. The molecule has 10 nitrogen and oxygen atoms in total. The van der Waals surface area contributed by atoms with Crippen LogP contribution in [-0.4, -0.2) is 39.8 Å². The van der Waals surface area contributed by atoms with Gasteiger partial charge in [0, 0.05) is 30.4 Å². The molecule has 0 unspecified atom stereocenters. The molecule has 0 saturated carbocycles. The molecule has 4 aromatic rings. The van der Waals surface area contributed by atoms with Crippen LogP contribution in [0.1, 0.15) is 17.0 Å². The number of ether oxygens (including phenoxy) is 1. The van der Waals surface area contributed by atoms with E-state index < -0.39 is 14.8 Å². The zero-order chi connectivity index (χ0) is 23.4. The highest BCUT2D eigenvalue weighted by atomic mass is 32.2. The molecule has 33 heavy (non-hydrogen) atoms. The number of nitrogens with zero attached hydrogens (tertiary/aromatic N) is 5. The first-order chi connectivity index (χ1) is 15.8.